The minimum absolute atomic E-state index is 0.0364. The second kappa shape index (κ2) is 5.73. The largest absolute Gasteiger partial charge is 0.478 e. The lowest BCUT2D eigenvalue weighted by Crippen LogP contribution is -2.47. The van der Waals surface area contributed by atoms with E-state index in [9.17, 15) is 14.7 Å². The van der Waals surface area contributed by atoms with Crippen molar-refractivity contribution in [1.29, 1.82) is 0 Å². The van der Waals surface area contributed by atoms with Gasteiger partial charge in [-0.3, -0.25) is 4.79 Å². The predicted molar refractivity (Wildman–Crippen MR) is 76.4 cm³/mol. The molecule has 112 valence electrons. The number of carbonyl (C=O) groups excluding carboxylic acids is 1. The number of hydrogen-bond donors (Lipinski definition) is 2. The van der Waals surface area contributed by atoms with Crippen molar-refractivity contribution in [3.05, 3.63) is 24.3 Å². The van der Waals surface area contributed by atoms with Crippen LogP contribution in [0.3, 0.4) is 0 Å². The molecule has 0 bridgehead atoms. The Bertz CT molecular complexity index is 554. The Kier molecular flexibility index (Phi) is 3.79. The SMILES string of the molecule is O=C(O)C1CN(C(=O)CC2CCNC2)c2ccccc2O1. The zero-order chi connectivity index (χ0) is 14.8. The van der Waals surface area contributed by atoms with Crippen LogP contribution in [0.5, 0.6) is 5.75 Å². The highest BCUT2D eigenvalue weighted by atomic mass is 16.5. The Morgan fingerprint density at radius 1 is 1.38 bits per heavy atom. The molecule has 1 aromatic carbocycles. The summed E-state index contributed by atoms with van der Waals surface area (Å²) in [6, 6.07) is 7.08. The van der Waals surface area contributed by atoms with Gasteiger partial charge in [-0.2, -0.15) is 0 Å². The van der Waals surface area contributed by atoms with Crippen LogP contribution in [0, 0.1) is 5.92 Å². The lowest BCUT2D eigenvalue weighted by atomic mass is 10.0. The van der Waals surface area contributed by atoms with Crippen molar-refractivity contribution < 1.29 is 19.4 Å². The van der Waals surface area contributed by atoms with Gasteiger partial charge in [-0.25, -0.2) is 4.79 Å². The molecule has 2 aliphatic rings. The van der Waals surface area contributed by atoms with E-state index in [0.717, 1.165) is 19.5 Å². The number of carboxylic acid groups (broad SMARTS) is 1. The number of nitrogens with zero attached hydrogens (tertiary/aromatic N) is 1. The van der Waals surface area contributed by atoms with E-state index in [1.165, 1.54) is 0 Å². The molecule has 0 aromatic heterocycles. The lowest BCUT2D eigenvalue weighted by molar-refractivity contribution is -0.145. The summed E-state index contributed by atoms with van der Waals surface area (Å²) in [7, 11) is 0. The zero-order valence-electron chi connectivity index (χ0n) is 11.6. The third-order valence-electron chi connectivity index (χ3n) is 3.98. The standard InChI is InChI=1S/C15H18N2O4/c18-14(7-10-5-6-16-8-10)17-9-13(15(19)20)21-12-4-2-1-3-11(12)17/h1-4,10,13,16H,5-9H2,(H,19,20). The Balaban J connectivity index is 1.81. The highest BCUT2D eigenvalue weighted by Gasteiger charge is 2.34. The molecule has 0 radical (unpaired) electrons. The van der Waals surface area contributed by atoms with Crippen LogP contribution in [0.15, 0.2) is 24.3 Å². The first-order valence-corrected chi connectivity index (χ1v) is 7.14. The average Bonchev–Trinajstić information content (AvgIpc) is 2.98. The van der Waals surface area contributed by atoms with Crippen LogP contribution in [-0.2, 0) is 9.59 Å². The molecule has 6 heteroatoms. The van der Waals surface area contributed by atoms with Gasteiger partial charge in [0, 0.05) is 6.42 Å². The summed E-state index contributed by atoms with van der Waals surface area (Å²) < 4.78 is 5.44. The number of rotatable bonds is 3. The first kappa shape index (κ1) is 13.9. The van der Waals surface area contributed by atoms with Gasteiger partial charge in [0.1, 0.15) is 5.75 Å². The topological polar surface area (TPSA) is 78.9 Å². The van der Waals surface area contributed by atoms with Gasteiger partial charge in [-0.05, 0) is 37.6 Å². The smallest absolute Gasteiger partial charge is 0.346 e. The molecule has 1 fully saturated rings. The molecule has 2 aliphatic heterocycles. The third-order valence-corrected chi connectivity index (χ3v) is 3.98. The number of fused-ring (bicyclic) bond motifs is 1. The van der Waals surface area contributed by atoms with Gasteiger partial charge >= 0.3 is 5.97 Å². The molecule has 1 saturated heterocycles. The highest BCUT2D eigenvalue weighted by Crippen LogP contribution is 2.34. The number of carbonyl (C=O) groups is 2. The van der Waals surface area contributed by atoms with Gasteiger partial charge in [-0.15, -0.1) is 0 Å². The van der Waals surface area contributed by atoms with E-state index in [0.29, 0.717) is 23.8 Å². The molecule has 1 amide bonds. The van der Waals surface area contributed by atoms with Gasteiger partial charge in [0.2, 0.25) is 12.0 Å². The van der Waals surface area contributed by atoms with Crippen LogP contribution >= 0.6 is 0 Å². The van der Waals surface area contributed by atoms with Crippen LogP contribution in [0.1, 0.15) is 12.8 Å². The molecular formula is C15H18N2O4. The maximum Gasteiger partial charge on any atom is 0.346 e. The average molecular weight is 290 g/mol. The fourth-order valence-corrected chi connectivity index (χ4v) is 2.84. The molecular weight excluding hydrogens is 272 g/mol. The van der Waals surface area contributed by atoms with Gasteiger partial charge in [0.15, 0.2) is 0 Å². The van der Waals surface area contributed by atoms with Crippen LogP contribution in [-0.4, -0.2) is 42.7 Å². The maximum atomic E-state index is 12.5. The summed E-state index contributed by atoms with van der Waals surface area (Å²) in [5, 5.41) is 12.4. The van der Waals surface area contributed by atoms with Crippen molar-refractivity contribution >= 4 is 17.6 Å². The Hall–Kier alpha value is -2.08. The molecule has 1 aromatic rings. The summed E-state index contributed by atoms with van der Waals surface area (Å²) in [5.41, 5.74) is 0.658. The van der Waals surface area contributed by atoms with Crippen LogP contribution in [0.25, 0.3) is 0 Å². The Labute approximate surface area is 122 Å². The molecule has 2 N–H and O–H groups in total. The summed E-state index contributed by atoms with van der Waals surface area (Å²) in [4.78, 5) is 25.3. The van der Waals surface area contributed by atoms with Gasteiger partial charge in [0.25, 0.3) is 0 Å². The summed E-state index contributed by atoms with van der Waals surface area (Å²) in [6.07, 6.45) is 0.416. The summed E-state index contributed by atoms with van der Waals surface area (Å²) in [6.45, 7) is 1.85. The van der Waals surface area contributed by atoms with E-state index in [1.807, 2.05) is 6.07 Å². The second-order valence-corrected chi connectivity index (χ2v) is 5.48. The molecule has 2 atom stereocenters. The fourth-order valence-electron chi connectivity index (χ4n) is 2.84. The number of anilines is 1. The van der Waals surface area contributed by atoms with Crippen LogP contribution in [0.4, 0.5) is 5.69 Å². The van der Waals surface area contributed by atoms with E-state index in [-0.39, 0.29) is 12.5 Å². The van der Waals surface area contributed by atoms with Crippen molar-refractivity contribution in [2.75, 3.05) is 24.5 Å². The number of aliphatic carboxylic acids is 1. The van der Waals surface area contributed by atoms with E-state index >= 15 is 0 Å². The number of amides is 1. The Morgan fingerprint density at radius 3 is 2.90 bits per heavy atom. The minimum Gasteiger partial charge on any atom is -0.478 e. The van der Waals surface area contributed by atoms with Crippen molar-refractivity contribution in [2.24, 2.45) is 5.92 Å². The van der Waals surface area contributed by atoms with E-state index < -0.39 is 12.1 Å². The molecule has 0 spiro atoms. The Morgan fingerprint density at radius 2 is 2.19 bits per heavy atom. The van der Waals surface area contributed by atoms with Crippen LogP contribution in [0.2, 0.25) is 0 Å². The van der Waals surface area contributed by atoms with Crippen molar-refractivity contribution in [3.8, 4) is 5.75 Å². The highest BCUT2D eigenvalue weighted by molar-refractivity contribution is 5.96. The lowest BCUT2D eigenvalue weighted by Gasteiger charge is -2.33. The first-order valence-electron chi connectivity index (χ1n) is 7.14. The number of benzene rings is 1. The van der Waals surface area contributed by atoms with Gasteiger partial charge in [-0.1, -0.05) is 12.1 Å². The number of para-hydroxylation sites is 2. The predicted octanol–water partition coefficient (Wildman–Crippen LogP) is 0.865. The number of nitrogens with one attached hydrogen (secondary N) is 1. The van der Waals surface area contributed by atoms with E-state index in [1.54, 1.807) is 23.1 Å². The molecule has 0 aliphatic carbocycles. The fraction of sp³-hybridized carbons (Fsp3) is 0.467. The maximum absolute atomic E-state index is 12.5. The third kappa shape index (κ3) is 2.85. The molecule has 21 heavy (non-hydrogen) atoms. The van der Waals surface area contributed by atoms with Crippen molar-refractivity contribution in [2.45, 2.75) is 18.9 Å². The van der Waals surface area contributed by atoms with E-state index in [4.69, 9.17) is 4.74 Å². The number of carboxylic acids is 1. The normalized spacial score (nSPS) is 24.3. The first-order chi connectivity index (χ1) is 10.1. The van der Waals surface area contributed by atoms with Gasteiger partial charge < -0.3 is 20.1 Å². The zero-order valence-corrected chi connectivity index (χ0v) is 11.6. The summed E-state index contributed by atoms with van der Waals surface area (Å²) in [5.74, 6) is -0.305. The number of hydrogen-bond acceptors (Lipinski definition) is 4. The minimum atomic E-state index is -1.05. The number of ether oxygens (including phenoxy) is 1. The van der Waals surface area contributed by atoms with Crippen molar-refractivity contribution in [3.63, 3.8) is 0 Å². The molecule has 0 saturated carbocycles. The van der Waals surface area contributed by atoms with Crippen LogP contribution < -0.4 is 15.0 Å². The molecule has 2 heterocycles. The summed E-state index contributed by atoms with van der Waals surface area (Å²) >= 11 is 0. The quantitative estimate of drug-likeness (QED) is 0.863. The molecule has 3 rings (SSSR count). The van der Waals surface area contributed by atoms with Crippen molar-refractivity contribution in [1.82, 2.24) is 5.32 Å². The monoisotopic (exact) mass is 290 g/mol. The molecule has 2 unspecified atom stereocenters. The second-order valence-electron chi connectivity index (χ2n) is 5.48. The molecule has 6 nitrogen and oxygen atoms in total. The van der Waals surface area contributed by atoms with E-state index in [2.05, 4.69) is 5.32 Å². The van der Waals surface area contributed by atoms with Gasteiger partial charge in [0.05, 0.1) is 12.2 Å².